The fourth-order valence-electron chi connectivity index (χ4n) is 4.19. The van der Waals surface area contributed by atoms with Crippen LogP contribution in [0.15, 0.2) is 23.0 Å². The second kappa shape index (κ2) is 6.41. The van der Waals surface area contributed by atoms with Crippen LogP contribution in [-0.4, -0.2) is 25.7 Å². The lowest BCUT2D eigenvalue weighted by Crippen LogP contribution is -2.27. The fraction of sp³-hybridized carbons (Fsp3) is 0.500. The molecule has 1 fully saturated rings. The molecule has 144 valence electrons. The van der Waals surface area contributed by atoms with E-state index in [1.54, 1.807) is 6.20 Å². The average molecular weight is 375 g/mol. The number of alkyl halides is 2. The van der Waals surface area contributed by atoms with E-state index in [1.165, 1.54) is 0 Å². The Kier molecular flexibility index (Phi) is 4.29. The smallest absolute Gasteiger partial charge is 0.248 e. The lowest BCUT2D eigenvalue weighted by molar-refractivity contribution is -0.0625. The SMILES string of the molecule is Cc1noc(C)c1-c1cnc2c(c1)c(C(O)C1CCC(F)(F)CC1)cn2C. The van der Waals surface area contributed by atoms with Gasteiger partial charge in [-0.1, -0.05) is 5.16 Å². The maximum Gasteiger partial charge on any atom is 0.248 e. The molecule has 0 bridgehead atoms. The molecular formula is C20H23F2N3O2. The maximum absolute atomic E-state index is 13.5. The van der Waals surface area contributed by atoms with Crippen molar-refractivity contribution in [2.24, 2.45) is 13.0 Å². The zero-order valence-electron chi connectivity index (χ0n) is 15.7. The number of halogens is 2. The van der Waals surface area contributed by atoms with Gasteiger partial charge in [-0.2, -0.15) is 0 Å². The van der Waals surface area contributed by atoms with E-state index >= 15 is 0 Å². The molecule has 5 nitrogen and oxygen atoms in total. The van der Waals surface area contributed by atoms with Crippen molar-refractivity contribution in [3.63, 3.8) is 0 Å². The first-order valence-corrected chi connectivity index (χ1v) is 9.21. The molecule has 1 atom stereocenters. The van der Waals surface area contributed by atoms with Crippen molar-refractivity contribution < 1.29 is 18.4 Å². The second-order valence-electron chi connectivity index (χ2n) is 7.63. The predicted octanol–water partition coefficient (Wildman–Crippen LogP) is 4.70. The fourth-order valence-corrected chi connectivity index (χ4v) is 4.19. The monoisotopic (exact) mass is 375 g/mol. The third-order valence-electron chi connectivity index (χ3n) is 5.69. The largest absolute Gasteiger partial charge is 0.388 e. The van der Waals surface area contributed by atoms with Crippen LogP contribution in [0.5, 0.6) is 0 Å². The Morgan fingerprint density at radius 1 is 1.30 bits per heavy atom. The lowest BCUT2D eigenvalue weighted by atomic mass is 9.81. The van der Waals surface area contributed by atoms with E-state index in [-0.39, 0.29) is 18.8 Å². The number of rotatable bonds is 3. The normalized spacial score (nSPS) is 18.9. The van der Waals surface area contributed by atoms with Crippen LogP contribution in [0.4, 0.5) is 8.78 Å². The standard InChI is InChI=1S/C20H23F2N3O2/c1-11-17(12(2)27-24-11)14-8-15-16(10-25(3)19(15)23-9-14)18(26)13-4-6-20(21,22)7-5-13/h8-10,13,18,26H,4-7H2,1-3H3. The van der Waals surface area contributed by atoms with E-state index in [9.17, 15) is 13.9 Å². The molecule has 1 aliphatic rings. The van der Waals surface area contributed by atoms with Gasteiger partial charge in [0.25, 0.3) is 0 Å². The Morgan fingerprint density at radius 2 is 2.00 bits per heavy atom. The lowest BCUT2D eigenvalue weighted by Gasteiger charge is -2.31. The molecule has 1 N–H and O–H groups in total. The van der Waals surface area contributed by atoms with Gasteiger partial charge in [-0.05, 0) is 38.7 Å². The number of aryl methyl sites for hydroxylation is 3. The number of aliphatic hydroxyl groups excluding tert-OH is 1. The van der Waals surface area contributed by atoms with Crippen LogP contribution in [0, 0.1) is 19.8 Å². The summed E-state index contributed by atoms with van der Waals surface area (Å²) in [6, 6.07) is 1.98. The zero-order valence-corrected chi connectivity index (χ0v) is 15.7. The molecule has 0 aliphatic heterocycles. The first kappa shape index (κ1) is 18.1. The molecule has 3 heterocycles. The molecule has 3 aromatic rings. The van der Waals surface area contributed by atoms with Crippen LogP contribution < -0.4 is 0 Å². The summed E-state index contributed by atoms with van der Waals surface area (Å²) < 4.78 is 34.1. The van der Waals surface area contributed by atoms with Crippen LogP contribution in [0.3, 0.4) is 0 Å². The molecular weight excluding hydrogens is 352 g/mol. The highest BCUT2D eigenvalue weighted by molar-refractivity contribution is 5.86. The molecule has 0 spiro atoms. The summed E-state index contributed by atoms with van der Waals surface area (Å²) in [6.45, 7) is 3.72. The van der Waals surface area contributed by atoms with Gasteiger partial charge in [-0.15, -0.1) is 0 Å². The Morgan fingerprint density at radius 3 is 2.63 bits per heavy atom. The number of hydrogen-bond acceptors (Lipinski definition) is 4. The Balaban J connectivity index is 1.74. The third kappa shape index (κ3) is 3.14. The van der Waals surface area contributed by atoms with Crippen LogP contribution in [-0.2, 0) is 7.05 Å². The quantitative estimate of drug-likeness (QED) is 0.720. The average Bonchev–Trinajstić information content (AvgIpc) is 3.13. The molecule has 0 radical (unpaired) electrons. The van der Waals surface area contributed by atoms with Gasteiger partial charge in [0.2, 0.25) is 5.92 Å². The number of aliphatic hydroxyl groups is 1. The molecule has 27 heavy (non-hydrogen) atoms. The van der Waals surface area contributed by atoms with Crippen molar-refractivity contribution in [3.05, 3.63) is 35.5 Å². The summed E-state index contributed by atoms with van der Waals surface area (Å²) >= 11 is 0. The molecule has 7 heteroatoms. The number of aromatic nitrogens is 3. The molecule has 1 aliphatic carbocycles. The molecule has 0 amide bonds. The second-order valence-corrected chi connectivity index (χ2v) is 7.63. The summed E-state index contributed by atoms with van der Waals surface area (Å²) in [5.74, 6) is -2.06. The van der Waals surface area contributed by atoms with Gasteiger partial charge < -0.3 is 14.2 Å². The zero-order chi connectivity index (χ0) is 19.3. The van der Waals surface area contributed by atoms with Gasteiger partial charge in [-0.3, -0.25) is 0 Å². The number of nitrogens with zero attached hydrogens (tertiary/aromatic N) is 3. The highest BCUT2D eigenvalue weighted by Crippen LogP contribution is 2.43. The van der Waals surface area contributed by atoms with Gasteiger partial charge >= 0.3 is 0 Å². The molecule has 0 aromatic carbocycles. The van der Waals surface area contributed by atoms with E-state index in [0.29, 0.717) is 18.6 Å². The highest BCUT2D eigenvalue weighted by Gasteiger charge is 2.38. The third-order valence-corrected chi connectivity index (χ3v) is 5.69. The number of fused-ring (bicyclic) bond motifs is 1. The molecule has 3 aromatic heterocycles. The van der Waals surface area contributed by atoms with Crippen LogP contribution in [0.25, 0.3) is 22.2 Å². The van der Waals surface area contributed by atoms with Crippen molar-refractivity contribution in [1.29, 1.82) is 0 Å². The highest BCUT2D eigenvalue weighted by atomic mass is 19.3. The van der Waals surface area contributed by atoms with Crippen LogP contribution >= 0.6 is 0 Å². The van der Waals surface area contributed by atoms with Gasteiger partial charge in [-0.25, -0.2) is 13.8 Å². The number of pyridine rings is 1. The summed E-state index contributed by atoms with van der Waals surface area (Å²) in [5, 5.41) is 15.8. The molecule has 4 rings (SSSR count). The molecule has 1 saturated carbocycles. The van der Waals surface area contributed by atoms with Crippen LogP contribution in [0.2, 0.25) is 0 Å². The molecule has 0 saturated heterocycles. The topological polar surface area (TPSA) is 64.1 Å². The van der Waals surface area contributed by atoms with Crippen molar-refractivity contribution in [1.82, 2.24) is 14.7 Å². The van der Waals surface area contributed by atoms with E-state index in [4.69, 9.17) is 4.52 Å². The van der Waals surface area contributed by atoms with E-state index in [1.807, 2.05) is 37.7 Å². The van der Waals surface area contributed by atoms with Gasteiger partial charge in [0.05, 0.1) is 11.8 Å². The van der Waals surface area contributed by atoms with Gasteiger partial charge in [0.1, 0.15) is 11.4 Å². The first-order valence-electron chi connectivity index (χ1n) is 9.21. The Labute approximate surface area is 156 Å². The summed E-state index contributed by atoms with van der Waals surface area (Å²) in [5.41, 5.74) is 4.03. The van der Waals surface area contributed by atoms with Crippen molar-refractivity contribution in [3.8, 4) is 11.1 Å². The minimum absolute atomic E-state index is 0.165. The van der Waals surface area contributed by atoms with Gasteiger partial charge in [0, 0.05) is 54.4 Å². The minimum Gasteiger partial charge on any atom is -0.388 e. The first-order chi connectivity index (χ1) is 12.8. The van der Waals surface area contributed by atoms with Crippen LogP contribution in [0.1, 0.15) is 48.8 Å². The Hall–Kier alpha value is -2.28. The minimum atomic E-state index is -2.60. The van der Waals surface area contributed by atoms with Crippen molar-refractivity contribution in [2.75, 3.05) is 0 Å². The Bertz CT molecular complexity index is 963. The molecule has 1 unspecified atom stereocenters. The number of hydrogen-bond donors (Lipinski definition) is 1. The van der Waals surface area contributed by atoms with Crippen molar-refractivity contribution in [2.45, 2.75) is 51.6 Å². The van der Waals surface area contributed by atoms with E-state index < -0.39 is 12.0 Å². The van der Waals surface area contributed by atoms with E-state index in [2.05, 4.69) is 10.1 Å². The van der Waals surface area contributed by atoms with Crippen molar-refractivity contribution >= 4 is 11.0 Å². The summed E-state index contributed by atoms with van der Waals surface area (Å²) in [7, 11) is 1.87. The van der Waals surface area contributed by atoms with Gasteiger partial charge in [0.15, 0.2) is 0 Å². The summed E-state index contributed by atoms with van der Waals surface area (Å²) in [6.07, 6.45) is 3.15. The van der Waals surface area contributed by atoms with E-state index in [0.717, 1.165) is 33.4 Å². The predicted molar refractivity (Wildman–Crippen MR) is 97.5 cm³/mol. The maximum atomic E-state index is 13.5. The summed E-state index contributed by atoms with van der Waals surface area (Å²) in [4.78, 5) is 4.55.